The number of aryl methyl sites for hydroxylation is 1. The molecule has 0 spiro atoms. The van der Waals surface area contributed by atoms with Crippen molar-refractivity contribution < 1.29 is 27.2 Å². The molecule has 1 aromatic heterocycles. The van der Waals surface area contributed by atoms with E-state index in [0.717, 1.165) is 42.0 Å². The van der Waals surface area contributed by atoms with E-state index in [0.29, 0.717) is 5.52 Å². The Kier molecular flexibility index (Phi) is 6.26. The van der Waals surface area contributed by atoms with Gasteiger partial charge in [0.15, 0.2) is 5.78 Å². The maximum atomic E-state index is 13.3. The van der Waals surface area contributed by atoms with Crippen molar-refractivity contribution in [3.8, 4) is 0 Å². The Morgan fingerprint density at radius 1 is 0.943 bits per heavy atom. The van der Waals surface area contributed by atoms with Gasteiger partial charge in [0.2, 0.25) is 11.3 Å². The number of halogens is 4. The van der Waals surface area contributed by atoms with Gasteiger partial charge in [-0.25, -0.2) is 4.39 Å². The molecule has 4 aromatic rings. The van der Waals surface area contributed by atoms with E-state index >= 15 is 0 Å². The zero-order valence-electron chi connectivity index (χ0n) is 18.3. The summed E-state index contributed by atoms with van der Waals surface area (Å²) in [5, 5.41) is 2.74. The van der Waals surface area contributed by atoms with Gasteiger partial charge in [0.25, 0.3) is 0 Å². The van der Waals surface area contributed by atoms with E-state index in [1.54, 1.807) is 25.1 Å². The number of rotatable bonds is 5. The molecule has 5 nitrogen and oxygen atoms in total. The molecule has 1 amide bonds. The van der Waals surface area contributed by atoms with Gasteiger partial charge in [0, 0.05) is 22.8 Å². The van der Waals surface area contributed by atoms with Crippen molar-refractivity contribution in [1.29, 1.82) is 0 Å². The van der Waals surface area contributed by atoms with Gasteiger partial charge < -0.3 is 9.88 Å². The van der Waals surface area contributed by atoms with Crippen LogP contribution >= 0.6 is 0 Å². The molecule has 0 atom stereocenters. The van der Waals surface area contributed by atoms with Gasteiger partial charge in [-0.15, -0.1) is 0 Å². The van der Waals surface area contributed by atoms with Crippen molar-refractivity contribution in [2.24, 2.45) is 0 Å². The van der Waals surface area contributed by atoms with E-state index in [1.807, 2.05) is 0 Å². The Hall–Kier alpha value is -4.27. The van der Waals surface area contributed by atoms with Crippen LogP contribution < -0.4 is 10.7 Å². The summed E-state index contributed by atoms with van der Waals surface area (Å²) in [5.41, 5.74) is -0.140. The summed E-state index contributed by atoms with van der Waals surface area (Å²) in [4.78, 5) is 38.8. The molecule has 0 aliphatic carbocycles. The number of nitrogens with one attached hydrogen (secondary N) is 1. The van der Waals surface area contributed by atoms with Gasteiger partial charge in [-0.1, -0.05) is 11.6 Å². The minimum Gasteiger partial charge on any atom is -0.337 e. The summed E-state index contributed by atoms with van der Waals surface area (Å²) in [7, 11) is 0. The normalized spacial score (nSPS) is 11.5. The van der Waals surface area contributed by atoms with Crippen LogP contribution in [-0.2, 0) is 17.5 Å². The average molecular weight is 482 g/mol. The Bertz CT molecular complexity index is 1490. The fourth-order valence-corrected chi connectivity index (χ4v) is 3.66. The molecule has 0 aliphatic heterocycles. The third-order valence-corrected chi connectivity index (χ3v) is 5.40. The van der Waals surface area contributed by atoms with Crippen LogP contribution in [0.25, 0.3) is 10.9 Å². The number of hydrogen-bond donors (Lipinski definition) is 1. The molecule has 0 saturated carbocycles. The Labute approximate surface area is 196 Å². The summed E-state index contributed by atoms with van der Waals surface area (Å²) in [6.07, 6.45) is -3.24. The number of alkyl halides is 3. The summed E-state index contributed by atoms with van der Waals surface area (Å²) >= 11 is 0. The molecule has 178 valence electrons. The molecule has 4 rings (SSSR count). The minimum atomic E-state index is -4.50. The Morgan fingerprint density at radius 3 is 2.23 bits per heavy atom. The molecule has 0 radical (unpaired) electrons. The van der Waals surface area contributed by atoms with E-state index in [2.05, 4.69) is 5.32 Å². The number of carbonyl (C=O) groups excluding carboxylic acids is 2. The maximum Gasteiger partial charge on any atom is 0.416 e. The molecule has 1 heterocycles. The number of carbonyl (C=O) groups is 2. The fraction of sp³-hybridized carbons (Fsp3) is 0.115. The fourth-order valence-electron chi connectivity index (χ4n) is 3.66. The monoisotopic (exact) mass is 482 g/mol. The van der Waals surface area contributed by atoms with E-state index in [1.165, 1.54) is 22.9 Å². The predicted octanol–water partition coefficient (Wildman–Crippen LogP) is 5.34. The van der Waals surface area contributed by atoms with Crippen LogP contribution in [0.15, 0.2) is 77.7 Å². The van der Waals surface area contributed by atoms with Crippen molar-refractivity contribution in [3.63, 3.8) is 0 Å². The maximum absolute atomic E-state index is 13.3. The predicted molar refractivity (Wildman–Crippen MR) is 123 cm³/mol. The highest BCUT2D eigenvalue weighted by Crippen LogP contribution is 2.29. The van der Waals surface area contributed by atoms with Gasteiger partial charge in [-0.2, -0.15) is 13.2 Å². The second-order valence-corrected chi connectivity index (χ2v) is 7.98. The van der Waals surface area contributed by atoms with Gasteiger partial charge >= 0.3 is 6.18 Å². The quantitative estimate of drug-likeness (QED) is 0.309. The molecule has 0 fully saturated rings. The van der Waals surface area contributed by atoms with Crippen LogP contribution in [0.4, 0.5) is 23.2 Å². The zero-order chi connectivity index (χ0) is 25.3. The third kappa shape index (κ3) is 5.13. The van der Waals surface area contributed by atoms with Crippen molar-refractivity contribution in [1.82, 2.24) is 4.57 Å². The van der Waals surface area contributed by atoms with Crippen LogP contribution in [0.1, 0.15) is 27.0 Å². The van der Waals surface area contributed by atoms with Gasteiger partial charge in [-0.05, 0) is 67.6 Å². The summed E-state index contributed by atoms with van der Waals surface area (Å²) in [5.74, 6) is -1.74. The van der Waals surface area contributed by atoms with Crippen molar-refractivity contribution >= 4 is 28.3 Å². The Morgan fingerprint density at radius 2 is 1.60 bits per heavy atom. The lowest BCUT2D eigenvalue weighted by Crippen LogP contribution is -2.24. The molecular weight excluding hydrogens is 464 g/mol. The van der Waals surface area contributed by atoms with E-state index < -0.39 is 34.7 Å². The summed E-state index contributed by atoms with van der Waals surface area (Å²) in [6.45, 7) is 1.46. The second-order valence-electron chi connectivity index (χ2n) is 7.98. The number of aromatic nitrogens is 1. The van der Waals surface area contributed by atoms with Gasteiger partial charge in [-0.3, -0.25) is 14.4 Å². The number of pyridine rings is 1. The standard InChI is InChI=1S/C26H18F4N2O3/c1-15-2-11-22-20(12-15)25(35)21(24(34)16-3-7-18(27)8-4-16)13-32(22)14-23(33)31-19-9-5-17(6-10-19)26(28,29)30/h2-13H,14H2,1H3,(H,31,33). The van der Waals surface area contributed by atoms with E-state index in [4.69, 9.17) is 0 Å². The summed E-state index contributed by atoms with van der Waals surface area (Å²) in [6, 6.07) is 13.7. The first-order valence-electron chi connectivity index (χ1n) is 10.4. The lowest BCUT2D eigenvalue weighted by molar-refractivity contribution is -0.137. The first-order valence-corrected chi connectivity index (χ1v) is 10.4. The summed E-state index contributed by atoms with van der Waals surface area (Å²) < 4.78 is 53.0. The van der Waals surface area contributed by atoms with Crippen molar-refractivity contribution in [2.75, 3.05) is 5.32 Å². The third-order valence-electron chi connectivity index (χ3n) is 5.40. The highest BCUT2D eigenvalue weighted by atomic mass is 19.4. The highest BCUT2D eigenvalue weighted by Gasteiger charge is 2.30. The molecular formula is C26H18F4N2O3. The van der Waals surface area contributed by atoms with Crippen LogP contribution in [0, 0.1) is 12.7 Å². The lowest BCUT2D eigenvalue weighted by atomic mass is 10.0. The van der Waals surface area contributed by atoms with Gasteiger partial charge in [0.1, 0.15) is 12.4 Å². The molecule has 0 aliphatic rings. The largest absolute Gasteiger partial charge is 0.416 e. The topological polar surface area (TPSA) is 68.2 Å². The van der Waals surface area contributed by atoms with Crippen LogP contribution in [0.2, 0.25) is 0 Å². The lowest BCUT2D eigenvalue weighted by Gasteiger charge is -2.14. The van der Waals surface area contributed by atoms with Crippen LogP contribution in [0.3, 0.4) is 0 Å². The minimum absolute atomic E-state index is 0.108. The van der Waals surface area contributed by atoms with Crippen molar-refractivity contribution in [3.05, 3.63) is 111 Å². The first-order chi connectivity index (χ1) is 16.5. The van der Waals surface area contributed by atoms with E-state index in [9.17, 15) is 31.9 Å². The first kappa shape index (κ1) is 23.9. The number of amides is 1. The Balaban J connectivity index is 1.69. The molecule has 3 aromatic carbocycles. The van der Waals surface area contributed by atoms with Crippen molar-refractivity contribution in [2.45, 2.75) is 19.6 Å². The number of anilines is 1. The molecule has 0 unspecified atom stereocenters. The number of hydrogen-bond acceptors (Lipinski definition) is 3. The molecule has 0 saturated heterocycles. The second kappa shape index (κ2) is 9.17. The van der Waals surface area contributed by atoms with E-state index in [-0.39, 0.29) is 28.7 Å². The molecule has 35 heavy (non-hydrogen) atoms. The van der Waals surface area contributed by atoms with Crippen LogP contribution in [0.5, 0.6) is 0 Å². The SMILES string of the molecule is Cc1ccc2c(c1)c(=O)c(C(=O)c1ccc(F)cc1)cn2CC(=O)Nc1ccc(C(F)(F)F)cc1. The number of nitrogens with zero attached hydrogens (tertiary/aromatic N) is 1. The molecule has 0 bridgehead atoms. The van der Waals surface area contributed by atoms with Gasteiger partial charge in [0.05, 0.1) is 16.6 Å². The number of fused-ring (bicyclic) bond motifs is 1. The smallest absolute Gasteiger partial charge is 0.337 e. The number of ketones is 1. The number of benzene rings is 3. The highest BCUT2D eigenvalue weighted by molar-refractivity contribution is 6.10. The average Bonchev–Trinajstić information content (AvgIpc) is 2.80. The molecule has 9 heteroatoms. The zero-order valence-corrected chi connectivity index (χ0v) is 18.3. The molecule has 1 N–H and O–H groups in total. The van der Waals surface area contributed by atoms with Crippen LogP contribution in [-0.4, -0.2) is 16.3 Å².